The molecule has 5 rings (SSSR count). The highest BCUT2D eigenvalue weighted by Gasteiger charge is 2.39. The van der Waals surface area contributed by atoms with E-state index in [4.69, 9.17) is 4.74 Å². The Bertz CT molecular complexity index is 1950. The first-order valence-corrected chi connectivity index (χ1v) is 16.5. The van der Waals surface area contributed by atoms with Crippen LogP contribution in [0.3, 0.4) is 0 Å². The van der Waals surface area contributed by atoms with Crippen molar-refractivity contribution in [1.29, 1.82) is 0 Å². The zero-order chi connectivity index (χ0) is 36.6. The molecule has 2 atom stereocenters. The van der Waals surface area contributed by atoms with Gasteiger partial charge in [-0.05, 0) is 57.8 Å². The molecule has 0 bridgehead atoms. The third-order valence-electron chi connectivity index (χ3n) is 8.16. The van der Waals surface area contributed by atoms with Crippen LogP contribution >= 0.6 is 0 Å². The Kier molecular flexibility index (Phi) is 9.59. The number of amides is 3. The number of nitrogens with one attached hydrogen (secondary N) is 3. The summed E-state index contributed by atoms with van der Waals surface area (Å²) < 4.78 is 8.35. The van der Waals surface area contributed by atoms with Crippen molar-refractivity contribution in [2.24, 2.45) is 0 Å². The van der Waals surface area contributed by atoms with Crippen LogP contribution in [0, 0.1) is 0 Å². The molecule has 3 N–H and O–H groups in total. The molecule has 1 aliphatic rings. The minimum Gasteiger partial charge on any atom is -0.480 e. The summed E-state index contributed by atoms with van der Waals surface area (Å²) in [6.07, 6.45) is 5.36. The minimum atomic E-state index is -1.51. The Labute approximate surface area is 292 Å². The monoisotopic (exact) mass is 681 g/mol. The summed E-state index contributed by atoms with van der Waals surface area (Å²) in [7, 11) is 3.85. The topological polar surface area (TPSA) is 156 Å². The molecule has 0 radical (unpaired) electrons. The normalized spacial score (nSPS) is 17.7. The van der Waals surface area contributed by atoms with Gasteiger partial charge < -0.3 is 20.3 Å². The van der Waals surface area contributed by atoms with Gasteiger partial charge in [0.25, 0.3) is 5.91 Å². The van der Waals surface area contributed by atoms with Crippen LogP contribution in [0.1, 0.15) is 94.8 Å². The van der Waals surface area contributed by atoms with Crippen molar-refractivity contribution in [2.45, 2.75) is 83.4 Å². The zero-order valence-corrected chi connectivity index (χ0v) is 30.5. The van der Waals surface area contributed by atoms with Gasteiger partial charge in [0.2, 0.25) is 5.82 Å². The van der Waals surface area contributed by atoms with E-state index in [9.17, 15) is 14.4 Å². The number of aromatic nitrogens is 5. The lowest BCUT2D eigenvalue weighted by Crippen LogP contribution is -2.50. The maximum absolute atomic E-state index is 13.6. The number of anilines is 1. The third-order valence-corrected chi connectivity index (χ3v) is 8.16. The molecular weight excluding hydrogens is 634 g/mol. The average molecular weight is 682 g/mol. The number of hydrogen-bond acceptors (Lipinski definition) is 9. The summed E-state index contributed by atoms with van der Waals surface area (Å²) in [6, 6.07) is 11.9. The number of benzene rings is 1. The van der Waals surface area contributed by atoms with E-state index in [2.05, 4.69) is 56.9 Å². The van der Waals surface area contributed by atoms with Gasteiger partial charge in [-0.2, -0.15) is 0 Å². The van der Waals surface area contributed by atoms with E-state index in [1.165, 1.54) is 0 Å². The molecule has 13 heteroatoms. The van der Waals surface area contributed by atoms with Crippen LogP contribution in [0.2, 0.25) is 0 Å². The number of pyridine rings is 1. The summed E-state index contributed by atoms with van der Waals surface area (Å²) in [5.41, 5.74) is -0.234. The molecule has 13 nitrogen and oxygen atoms in total. The van der Waals surface area contributed by atoms with Crippen LogP contribution in [-0.4, -0.2) is 73.9 Å². The van der Waals surface area contributed by atoms with Crippen molar-refractivity contribution in [2.75, 3.05) is 26.0 Å². The van der Waals surface area contributed by atoms with Crippen molar-refractivity contribution in [1.82, 2.24) is 40.1 Å². The first-order chi connectivity index (χ1) is 23.3. The summed E-state index contributed by atoms with van der Waals surface area (Å²) in [5.74, 6) is 0.954. The van der Waals surface area contributed by atoms with E-state index in [0.717, 1.165) is 5.82 Å². The lowest BCUT2D eigenvalue weighted by atomic mass is 9.81. The molecule has 4 aromatic rings. The standard InChI is InChI=1S/C37H47N9O4/c1-34(2,3)27-19-28(39-30(38-27)31(48)41-36(7,8)21-45(9)10)40-33(49)42-37(22-47)18-17-26(24-13-11-12-14-25(24)37)50-23-15-16-29-43-44-32(35(4,5)6)46(29)20-23/h11-20,22,26H,21H2,1-10H3,(H,41,48)(H2,38,39,40,42,49)/t26-,37-/m1/s1. The number of rotatable bonds is 9. The van der Waals surface area contributed by atoms with Crippen molar-refractivity contribution in [3.63, 3.8) is 0 Å². The van der Waals surface area contributed by atoms with E-state index >= 15 is 0 Å². The van der Waals surface area contributed by atoms with E-state index < -0.39 is 34.5 Å². The van der Waals surface area contributed by atoms with Crippen molar-refractivity contribution >= 4 is 29.7 Å². The molecule has 0 saturated carbocycles. The maximum atomic E-state index is 13.6. The number of fused-ring (bicyclic) bond motifs is 2. The minimum absolute atomic E-state index is 0.0770. The Hall–Kier alpha value is -5.17. The highest BCUT2D eigenvalue weighted by atomic mass is 16.5. The number of nitrogens with zero attached hydrogens (tertiary/aromatic N) is 6. The van der Waals surface area contributed by atoms with Crippen molar-refractivity contribution < 1.29 is 19.1 Å². The second kappa shape index (κ2) is 13.3. The largest absolute Gasteiger partial charge is 0.480 e. The van der Waals surface area contributed by atoms with Gasteiger partial charge >= 0.3 is 6.03 Å². The SMILES string of the molecule is CN(C)CC(C)(C)NC(=O)c1nc(NC(=O)N[C@@]2(C=O)C=C[C@@H](Oc3ccc4nnc(C(C)(C)C)n4c3)c3ccccc32)cc(C(C)(C)C)n1. The number of hydrogen-bond donors (Lipinski definition) is 3. The van der Waals surface area contributed by atoms with Gasteiger partial charge in [0.15, 0.2) is 11.9 Å². The first-order valence-electron chi connectivity index (χ1n) is 16.5. The fraction of sp³-hybridized carbons (Fsp3) is 0.432. The van der Waals surface area contributed by atoms with Crippen LogP contribution in [0.25, 0.3) is 5.65 Å². The molecule has 3 amide bonds. The highest BCUT2D eigenvalue weighted by molar-refractivity contribution is 5.94. The number of likely N-dealkylation sites (N-methyl/N-ethyl adjacent to an activating group) is 1. The second-order valence-electron chi connectivity index (χ2n) is 15.7. The lowest BCUT2D eigenvalue weighted by Gasteiger charge is -2.34. The molecule has 3 aromatic heterocycles. The fourth-order valence-corrected chi connectivity index (χ4v) is 6.02. The smallest absolute Gasteiger partial charge is 0.321 e. The van der Waals surface area contributed by atoms with E-state index in [1.807, 2.05) is 88.5 Å². The highest BCUT2D eigenvalue weighted by Crippen LogP contribution is 2.37. The number of ether oxygens (including phenoxy) is 1. The van der Waals surface area contributed by atoms with Gasteiger partial charge in [-0.1, -0.05) is 65.8 Å². The van der Waals surface area contributed by atoms with Gasteiger partial charge in [0, 0.05) is 34.5 Å². The zero-order valence-electron chi connectivity index (χ0n) is 30.5. The number of aldehydes is 1. The Morgan fingerprint density at radius 1 is 0.980 bits per heavy atom. The van der Waals surface area contributed by atoms with Crippen LogP contribution in [0.5, 0.6) is 5.75 Å². The molecule has 0 spiro atoms. The van der Waals surface area contributed by atoms with E-state index in [0.29, 0.717) is 41.0 Å². The van der Waals surface area contributed by atoms with Gasteiger partial charge in [-0.15, -0.1) is 10.2 Å². The molecule has 0 aliphatic heterocycles. The third kappa shape index (κ3) is 7.83. The quantitative estimate of drug-likeness (QED) is 0.162. The predicted molar refractivity (Wildman–Crippen MR) is 191 cm³/mol. The molecule has 50 heavy (non-hydrogen) atoms. The first kappa shape index (κ1) is 36.1. The molecule has 1 aliphatic carbocycles. The van der Waals surface area contributed by atoms with Gasteiger partial charge in [-0.25, -0.2) is 14.8 Å². The molecular formula is C37H47N9O4. The summed E-state index contributed by atoms with van der Waals surface area (Å²) in [5, 5.41) is 17.2. The van der Waals surface area contributed by atoms with Crippen LogP contribution < -0.4 is 20.7 Å². The summed E-state index contributed by atoms with van der Waals surface area (Å²) in [4.78, 5) is 50.7. The molecule has 0 fully saturated rings. The van der Waals surface area contributed by atoms with Crippen LogP contribution in [0.15, 0.2) is 60.8 Å². The van der Waals surface area contributed by atoms with E-state index in [1.54, 1.807) is 30.4 Å². The maximum Gasteiger partial charge on any atom is 0.321 e. The lowest BCUT2D eigenvalue weighted by molar-refractivity contribution is -0.111. The Balaban J connectivity index is 1.40. The fourth-order valence-electron chi connectivity index (χ4n) is 6.02. The average Bonchev–Trinajstić information content (AvgIpc) is 3.45. The van der Waals surface area contributed by atoms with Gasteiger partial charge in [0.05, 0.1) is 11.9 Å². The predicted octanol–water partition coefficient (Wildman–Crippen LogP) is 5.09. The van der Waals surface area contributed by atoms with Crippen molar-refractivity contribution in [3.05, 3.63) is 89.3 Å². The molecule has 0 unspecified atom stereocenters. The molecule has 0 saturated heterocycles. The second-order valence-corrected chi connectivity index (χ2v) is 15.7. The Morgan fingerprint density at radius 3 is 2.36 bits per heavy atom. The Morgan fingerprint density at radius 2 is 1.70 bits per heavy atom. The summed E-state index contributed by atoms with van der Waals surface area (Å²) >= 11 is 0. The van der Waals surface area contributed by atoms with Crippen molar-refractivity contribution in [3.8, 4) is 5.75 Å². The van der Waals surface area contributed by atoms with Gasteiger partial charge in [0.1, 0.15) is 29.0 Å². The van der Waals surface area contributed by atoms with E-state index in [-0.39, 0.29) is 17.1 Å². The molecule has 1 aromatic carbocycles. The van der Waals surface area contributed by atoms with Crippen LogP contribution in [0.4, 0.5) is 10.6 Å². The molecule has 264 valence electrons. The number of carbonyl (C=O) groups excluding carboxylic acids is 3. The van der Waals surface area contributed by atoms with Gasteiger partial charge in [-0.3, -0.25) is 19.3 Å². The number of carbonyl (C=O) groups is 3. The number of urea groups is 1. The van der Waals surface area contributed by atoms with Crippen LogP contribution in [-0.2, 0) is 21.2 Å². The summed E-state index contributed by atoms with van der Waals surface area (Å²) in [6.45, 7) is 16.5. The molecule has 3 heterocycles.